The van der Waals surface area contributed by atoms with Gasteiger partial charge in [0, 0.05) is 36.4 Å². The first-order valence-electron chi connectivity index (χ1n) is 7.13. The van der Waals surface area contributed by atoms with Crippen molar-refractivity contribution < 1.29 is 9.21 Å². The highest BCUT2D eigenvalue weighted by molar-refractivity contribution is 9.11. The van der Waals surface area contributed by atoms with Crippen LogP contribution >= 0.6 is 31.9 Å². The molecule has 0 fully saturated rings. The predicted octanol–water partition coefficient (Wildman–Crippen LogP) is 6.32. The SMILES string of the molecule is O=C1c2cc(Br)ccc2-c2c1cc(Br)c1c2oc2ccccc21. The van der Waals surface area contributed by atoms with Crippen LogP contribution in [0.15, 0.2) is 61.9 Å². The molecule has 0 unspecified atom stereocenters. The molecule has 4 aromatic rings. The van der Waals surface area contributed by atoms with E-state index in [2.05, 4.69) is 31.9 Å². The lowest BCUT2D eigenvalue weighted by Gasteiger charge is -2.03. The van der Waals surface area contributed by atoms with Crippen LogP contribution in [0.25, 0.3) is 33.1 Å². The van der Waals surface area contributed by atoms with Crippen LogP contribution in [0.4, 0.5) is 0 Å². The number of furan rings is 1. The summed E-state index contributed by atoms with van der Waals surface area (Å²) in [5, 5.41) is 2.07. The molecule has 2 nitrogen and oxygen atoms in total. The maximum absolute atomic E-state index is 12.8. The lowest BCUT2D eigenvalue weighted by atomic mass is 10.0. The predicted molar refractivity (Wildman–Crippen MR) is 98.0 cm³/mol. The van der Waals surface area contributed by atoms with E-state index in [1.165, 1.54) is 0 Å². The molecule has 1 heterocycles. The first-order chi connectivity index (χ1) is 11.1. The number of halogens is 2. The van der Waals surface area contributed by atoms with Crippen molar-refractivity contribution in [2.75, 3.05) is 0 Å². The van der Waals surface area contributed by atoms with Gasteiger partial charge in [-0.3, -0.25) is 4.79 Å². The molecule has 0 N–H and O–H groups in total. The highest BCUT2D eigenvalue weighted by Gasteiger charge is 2.31. The molecule has 1 aliphatic rings. The van der Waals surface area contributed by atoms with Crippen molar-refractivity contribution in [3.63, 3.8) is 0 Å². The number of hydrogen-bond donors (Lipinski definition) is 0. The molecule has 23 heavy (non-hydrogen) atoms. The molecular weight excluding hydrogens is 420 g/mol. The molecule has 3 aromatic carbocycles. The Balaban J connectivity index is 2.02. The molecule has 0 amide bonds. The standard InChI is InChI=1S/C19H8Br2O2/c20-9-5-6-10-12(7-9)18(22)13-8-14(21)17-11-3-1-2-4-15(11)23-19(17)16(10)13/h1-8H. The summed E-state index contributed by atoms with van der Waals surface area (Å²) in [7, 11) is 0. The first kappa shape index (κ1) is 13.5. The summed E-state index contributed by atoms with van der Waals surface area (Å²) < 4.78 is 7.90. The lowest BCUT2D eigenvalue weighted by molar-refractivity contribution is 0.104. The number of hydrogen-bond acceptors (Lipinski definition) is 2. The Labute approximate surface area is 148 Å². The molecule has 0 spiro atoms. The van der Waals surface area contributed by atoms with E-state index >= 15 is 0 Å². The topological polar surface area (TPSA) is 30.2 Å². The first-order valence-corrected chi connectivity index (χ1v) is 8.72. The van der Waals surface area contributed by atoms with Crippen LogP contribution in [0.2, 0.25) is 0 Å². The Morgan fingerprint density at radius 1 is 0.870 bits per heavy atom. The van der Waals surface area contributed by atoms with Crippen molar-refractivity contribution in [2.24, 2.45) is 0 Å². The van der Waals surface area contributed by atoms with E-state index in [-0.39, 0.29) is 5.78 Å². The van der Waals surface area contributed by atoms with E-state index < -0.39 is 0 Å². The summed E-state index contributed by atoms with van der Waals surface area (Å²) in [5.74, 6) is 0.0411. The molecule has 4 heteroatoms. The minimum absolute atomic E-state index is 0.0411. The van der Waals surface area contributed by atoms with Crippen LogP contribution in [-0.2, 0) is 0 Å². The highest BCUT2D eigenvalue weighted by Crippen LogP contribution is 2.47. The Kier molecular flexibility index (Phi) is 2.68. The van der Waals surface area contributed by atoms with E-state index in [0.29, 0.717) is 11.1 Å². The van der Waals surface area contributed by atoms with Crippen molar-refractivity contribution in [3.8, 4) is 11.1 Å². The smallest absolute Gasteiger partial charge is 0.194 e. The largest absolute Gasteiger partial charge is 0.455 e. The van der Waals surface area contributed by atoms with E-state index in [0.717, 1.165) is 42.0 Å². The van der Waals surface area contributed by atoms with Crippen LogP contribution in [0.3, 0.4) is 0 Å². The summed E-state index contributed by atoms with van der Waals surface area (Å²) in [4.78, 5) is 12.8. The number of benzene rings is 3. The van der Waals surface area contributed by atoms with Gasteiger partial charge in [0.1, 0.15) is 11.2 Å². The molecular formula is C19H8Br2O2. The van der Waals surface area contributed by atoms with Gasteiger partial charge in [-0.05, 0) is 45.8 Å². The summed E-state index contributed by atoms with van der Waals surface area (Å²) in [6.07, 6.45) is 0. The van der Waals surface area contributed by atoms with E-state index in [9.17, 15) is 4.79 Å². The van der Waals surface area contributed by atoms with Crippen LogP contribution in [0.1, 0.15) is 15.9 Å². The maximum atomic E-state index is 12.8. The average Bonchev–Trinajstić information content (AvgIpc) is 3.05. The molecule has 5 rings (SSSR count). The van der Waals surface area contributed by atoms with Gasteiger partial charge in [0.2, 0.25) is 0 Å². The second kappa shape index (κ2) is 4.56. The third kappa shape index (κ3) is 1.71. The number of carbonyl (C=O) groups is 1. The van der Waals surface area contributed by atoms with Gasteiger partial charge in [-0.1, -0.05) is 40.2 Å². The number of carbonyl (C=O) groups excluding carboxylic acids is 1. The van der Waals surface area contributed by atoms with Gasteiger partial charge >= 0.3 is 0 Å². The minimum Gasteiger partial charge on any atom is -0.455 e. The Morgan fingerprint density at radius 2 is 1.70 bits per heavy atom. The molecule has 0 atom stereocenters. The Bertz CT molecular complexity index is 1160. The third-order valence-electron chi connectivity index (χ3n) is 4.34. The fourth-order valence-electron chi connectivity index (χ4n) is 3.37. The van der Waals surface area contributed by atoms with Gasteiger partial charge in [-0.2, -0.15) is 0 Å². The zero-order chi connectivity index (χ0) is 15.7. The highest BCUT2D eigenvalue weighted by atomic mass is 79.9. The fourth-order valence-corrected chi connectivity index (χ4v) is 4.35. The van der Waals surface area contributed by atoms with Gasteiger partial charge < -0.3 is 4.42 Å². The average molecular weight is 428 g/mol. The number of fused-ring (bicyclic) bond motifs is 7. The maximum Gasteiger partial charge on any atom is 0.194 e. The van der Waals surface area contributed by atoms with Crippen LogP contribution in [0, 0.1) is 0 Å². The van der Waals surface area contributed by atoms with Gasteiger partial charge in [-0.15, -0.1) is 0 Å². The number of rotatable bonds is 0. The molecule has 0 radical (unpaired) electrons. The van der Waals surface area contributed by atoms with E-state index in [1.807, 2.05) is 48.5 Å². The van der Waals surface area contributed by atoms with E-state index in [4.69, 9.17) is 4.42 Å². The summed E-state index contributed by atoms with van der Waals surface area (Å²) >= 11 is 7.06. The Morgan fingerprint density at radius 3 is 2.57 bits per heavy atom. The molecule has 110 valence electrons. The molecule has 1 aliphatic carbocycles. The number of para-hydroxylation sites is 1. The monoisotopic (exact) mass is 426 g/mol. The van der Waals surface area contributed by atoms with Gasteiger partial charge in [-0.25, -0.2) is 0 Å². The molecule has 1 aromatic heterocycles. The fraction of sp³-hybridized carbons (Fsp3) is 0. The van der Waals surface area contributed by atoms with Crippen molar-refractivity contribution >= 4 is 59.6 Å². The summed E-state index contributed by atoms with van der Waals surface area (Å²) in [5.41, 5.74) is 4.84. The third-order valence-corrected chi connectivity index (χ3v) is 5.46. The lowest BCUT2D eigenvalue weighted by Crippen LogP contribution is -1.95. The van der Waals surface area contributed by atoms with Gasteiger partial charge in [0.25, 0.3) is 0 Å². The van der Waals surface area contributed by atoms with E-state index in [1.54, 1.807) is 0 Å². The van der Waals surface area contributed by atoms with Crippen molar-refractivity contribution in [1.29, 1.82) is 0 Å². The van der Waals surface area contributed by atoms with Crippen molar-refractivity contribution in [2.45, 2.75) is 0 Å². The quantitative estimate of drug-likeness (QED) is 0.289. The number of ketones is 1. The summed E-state index contributed by atoms with van der Waals surface area (Å²) in [6.45, 7) is 0. The summed E-state index contributed by atoms with van der Waals surface area (Å²) in [6, 6.07) is 15.7. The van der Waals surface area contributed by atoms with Crippen LogP contribution in [0.5, 0.6) is 0 Å². The molecule has 0 saturated carbocycles. The molecule has 0 saturated heterocycles. The zero-order valence-electron chi connectivity index (χ0n) is 11.7. The van der Waals surface area contributed by atoms with Gasteiger partial charge in [0.05, 0.1) is 0 Å². The zero-order valence-corrected chi connectivity index (χ0v) is 14.9. The molecule has 0 aliphatic heterocycles. The van der Waals surface area contributed by atoms with Gasteiger partial charge in [0.15, 0.2) is 5.78 Å². The molecule has 0 bridgehead atoms. The van der Waals surface area contributed by atoms with Crippen LogP contribution < -0.4 is 0 Å². The van der Waals surface area contributed by atoms with Crippen LogP contribution in [-0.4, -0.2) is 5.78 Å². The van der Waals surface area contributed by atoms with Crippen molar-refractivity contribution in [1.82, 2.24) is 0 Å². The minimum atomic E-state index is 0.0411. The second-order valence-electron chi connectivity index (χ2n) is 5.60. The Hall–Kier alpha value is -1.91. The van der Waals surface area contributed by atoms with Crippen molar-refractivity contribution in [3.05, 3.63) is 68.6 Å². The second-order valence-corrected chi connectivity index (χ2v) is 7.37. The normalized spacial score (nSPS) is 12.9.